The van der Waals surface area contributed by atoms with Crippen LogP contribution >= 0.6 is 23.2 Å². The number of aryl methyl sites for hydroxylation is 2. The molecule has 0 aliphatic carbocycles. The van der Waals surface area contributed by atoms with Gasteiger partial charge in [-0.25, -0.2) is 0 Å². The minimum atomic E-state index is -0.578. The van der Waals surface area contributed by atoms with Gasteiger partial charge in [0.2, 0.25) is 0 Å². The number of nitrogens with zero attached hydrogens (tertiary/aromatic N) is 1. The summed E-state index contributed by atoms with van der Waals surface area (Å²) in [5.74, 6) is 0. The van der Waals surface area contributed by atoms with Crippen LogP contribution in [0.2, 0.25) is 0 Å². The largest absolute Gasteiger partial charge is 0.311 e. The predicted octanol–water partition coefficient (Wildman–Crippen LogP) is 4.68. The molecule has 0 bridgehead atoms. The van der Waals surface area contributed by atoms with Crippen LogP contribution in [0.4, 0.5) is 11.4 Å². The first kappa shape index (κ1) is 11.9. The van der Waals surface area contributed by atoms with E-state index in [4.69, 9.17) is 23.2 Å². The zero-order valence-electron chi connectivity index (χ0n) is 9.81. The molecule has 0 saturated carbocycles. The van der Waals surface area contributed by atoms with Crippen molar-refractivity contribution in [3.05, 3.63) is 59.7 Å². The Kier molecular flexibility index (Phi) is 3.19. The van der Waals surface area contributed by atoms with Gasteiger partial charge in [0.05, 0.1) is 0 Å². The van der Waals surface area contributed by atoms with Crippen molar-refractivity contribution in [2.75, 3.05) is 4.90 Å². The molecule has 0 atom stereocenters. The van der Waals surface area contributed by atoms with Gasteiger partial charge in [0.15, 0.2) is 4.96 Å². The molecule has 2 aromatic rings. The minimum absolute atomic E-state index is 0.578. The zero-order chi connectivity index (χ0) is 12.5. The molecule has 18 heavy (non-hydrogen) atoms. The fraction of sp³-hybridized carbons (Fsp3) is 0.200. The van der Waals surface area contributed by atoms with Gasteiger partial charge in [0.1, 0.15) is 0 Å². The first-order valence-corrected chi connectivity index (χ1v) is 6.88. The second-order valence-corrected chi connectivity index (χ2v) is 5.46. The lowest BCUT2D eigenvalue weighted by molar-refractivity contribution is 0.977. The van der Waals surface area contributed by atoms with Crippen LogP contribution in [0.1, 0.15) is 11.1 Å². The fourth-order valence-electron chi connectivity index (χ4n) is 2.52. The highest BCUT2D eigenvalue weighted by atomic mass is 35.5. The Labute approximate surface area is 117 Å². The maximum absolute atomic E-state index is 6.18. The Balaban J connectivity index is 2.21. The topological polar surface area (TPSA) is 3.24 Å². The van der Waals surface area contributed by atoms with E-state index in [1.54, 1.807) is 0 Å². The van der Waals surface area contributed by atoms with Crippen LogP contribution in [0, 0.1) is 0 Å². The number of alkyl halides is 2. The van der Waals surface area contributed by atoms with Gasteiger partial charge in [-0.05, 0) is 36.1 Å². The van der Waals surface area contributed by atoms with Gasteiger partial charge in [0, 0.05) is 11.4 Å². The van der Waals surface area contributed by atoms with E-state index >= 15 is 0 Å². The summed E-state index contributed by atoms with van der Waals surface area (Å²) in [6, 6.07) is 16.6. The van der Waals surface area contributed by atoms with Gasteiger partial charge in [-0.2, -0.15) is 0 Å². The highest BCUT2D eigenvalue weighted by Gasteiger charge is 2.23. The molecule has 1 aliphatic rings. The summed E-state index contributed by atoms with van der Waals surface area (Å²) in [5, 5.41) is 0. The summed E-state index contributed by atoms with van der Waals surface area (Å²) in [6.07, 6.45) is 2.04. The van der Waals surface area contributed by atoms with Crippen molar-refractivity contribution in [3.63, 3.8) is 0 Å². The number of fused-ring (bicyclic) bond motifs is 2. The number of hydrogen-bond acceptors (Lipinski definition) is 1. The summed E-state index contributed by atoms with van der Waals surface area (Å²) in [5.41, 5.74) is 4.80. The van der Waals surface area contributed by atoms with Crippen molar-refractivity contribution in [3.8, 4) is 0 Å². The molecule has 1 aliphatic heterocycles. The number of hydrogen-bond donors (Lipinski definition) is 0. The van der Waals surface area contributed by atoms with Gasteiger partial charge >= 0.3 is 0 Å². The average molecular weight is 278 g/mol. The maximum atomic E-state index is 6.18. The molecule has 0 aromatic heterocycles. The molecular formula is C15H13Cl2N. The molecule has 3 heteroatoms. The molecule has 0 unspecified atom stereocenters. The van der Waals surface area contributed by atoms with E-state index < -0.39 is 4.96 Å². The third kappa shape index (κ3) is 1.98. The monoisotopic (exact) mass is 277 g/mol. The van der Waals surface area contributed by atoms with E-state index in [0.717, 1.165) is 24.2 Å². The van der Waals surface area contributed by atoms with Crippen LogP contribution in [0.25, 0.3) is 0 Å². The van der Waals surface area contributed by atoms with E-state index in [2.05, 4.69) is 36.4 Å². The van der Waals surface area contributed by atoms with Crippen LogP contribution in [-0.4, -0.2) is 4.96 Å². The molecule has 0 spiro atoms. The third-order valence-electron chi connectivity index (χ3n) is 3.36. The van der Waals surface area contributed by atoms with Crippen molar-refractivity contribution in [2.24, 2.45) is 0 Å². The normalized spacial score (nSPS) is 14.1. The van der Waals surface area contributed by atoms with Gasteiger partial charge in [-0.1, -0.05) is 59.6 Å². The Bertz CT molecular complexity index is 518. The third-order valence-corrected chi connectivity index (χ3v) is 3.75. The molecule has 1 nitrogen and oxygen atoms in total. The van der Waals surface area contributed by atoms with Crippen LogP contribution in [0.15, 0.2) is 48.5 Å². The van der Waals surface area contributed by atoms with Crippen molar-refractivity contribution in [2.45, 2.75) is 17.8 Å². The second kappa shape index (κ2) is 4.83. The molecule has 0 radical (unpaired) electrons. The zero-order valence-corrected chi connectivity index (χ0v) is 11.3. The van der Waals surface area contributed by atoms with E-state index in [1.165, 1.54) is 11.1 Å². The number of rotatable bonds is 1. The van der Waals surface area contributed by atoms with Gasteiger partial charge in [0.25, 0.3) is 0 Å². The van der Waals surface area contributed by atoms with Crippen LogP contribution in [0.5, 0.6) is 0 Å². The average Bonchev–Trinajstić information content (AvgIpc) is 2.55. The predicted molar refractivity (Wildman–Crippen MR) is 77.9 cm³/mol. The van der Waals surface area contributed by atoms with Gasteiger partial charge < -0.3 is 4.90 Å². The number of anilines is 2. The van der Waals surface area contributed by atoms with Crippen LogP contribution in [-0.2, 0) is 12.8 Å². The van der Waals surface area contributed by atoms with Crippen molar-refractivity contribution < 1.29 is 0 Å². The summed E-state index contributed by atoms with van der Waals surface area (Å²) in [4.78, 5) is 1.42. The smallest absolute Gasteiger partial charge is 0.184 e. The Hall–Kier alpha value is -1.18. The van der Waals surface area contributed by atoms with Gasteiger partial charge in [-0.3, -0.25) is 0 Å². The quantitative estimate of drug-likeness (QED) is 0.540. The van der Waals surface area contributed by atoms with Crippen LogP contribution in [0.3, 0.4) is 0 Å². The summed E-state index contributed by atoms with van der Waals surface area (Å²) >= 11 is 12.4. The molecule has 0 fully saturated rings. The molecule has 0 N–H and O–H groups in total. The molecule has 1 heterocycles. The number of para-hydroxylation sites is 2. The van der Waals surface area contributed by atoms with Crippen LogP contribution < -0.4 is 4.90 Å². The molecule has 2 aromatic carbocycles. The maximum Gasteiger partial charge on any atom is 0.184 e. The molecular weight excluding hydrogens is 265 g/mol. The Morgan fingerprint density at radius 3 is 1.67 bits per heavy atom. The van der Waals surface area contributed by atoms with Crippen molar-refractivity contribution in [1.82, 2.24) is 0 Å². The number of benzene rings is 2. The van der Waals surface area contributed by atoms with E-state index in [0.29, 0.717) is 0 Å². The lowest BCUT2D eigenvalue weighted by Gasteiger charge is -2.27. The highest BCUT2D eigenvalue weighted by Crippen LogP contribution is 2.38. The van der Waals surface area contributed by atoms with Gasteiger partial charge in [-0.15, -0.1) is 0 Å². The van der Waals surface area contributed by atoms with E-state index in [9.17, 15) is 0 Å². The first-order valence-electron chi connectivity index (χ1n) is 6.00. The molecule has 3 rings (SSSR count). The minimum Gasteiger partial charge on any atom is -0.311 e. The Morgan fingerprint density at radius 1 is 0.778 bits per heavy atom. The van der Waals surface area contributed by atoms with E-state index in [-0.39, 0.29) is 0 Å². The fourth-order valence-corrected chi connectivity index (χ4v) is 2.94. The summed E-state index contributed by atoms with van der Waals surface area (Å²) in [6.45, 7) is 0. The summed E-state index contributed by atoms with van der Waals surface area (Å²) < 4.78 is 0. The molecule has 0 amide bonds. The standard InChI is InChI=1S/C15H13Cl2N/c16-15(17)18-13-7-3-1-5-11(13)9-10-12-6-2-4-8-14(12)18/h1-8,15H,9-10H2. The highest BCUT2D eigenvalue weighted by molar-refractivity contribution is 6.46. The summed E-state index contributed by atoms with van der Waals surface area (Å²) in [7, 11) is 0. The van der Waals surface area contributed by atoms with Crippen molar-refractivity contribution in [1.29, 1.82) is 0 Å². The molecule has 0 saturated heterocycles. The Morgan fingerprint density at radius 2 is 1.22 bits per heavy atom. The van der Waals surface area contributed by atoms with Crippen molar-refractivity contribution >= 4 is 34.6 Å². The lowest BCUT2D eigenvalue weighted by atomic mass is 10.0. The van der Waals surface area contributed by atoms with E-state index in [1.807, 2.05) is 17.0 Å². The first-order chi connectivity index (χ1) is 8.77. The SMILES string of the molecule is ClC(Cl)N1c2ccccc2CCc2ccccc21. The second-order valence-electron chi connectivity index (χ2n) is 4.41. The lowest BCUT2D eigenvalue weighted by Crippen LogP contribution is -2.22. The molecule has 92 valence electrons. The number of halogens is 2.